The van der Waals surface area contributed by atoms with Gasteiger partial charge in [-0.1, -0.05) is 53.7 Å². The minimum absolute atomic E-state index is 0.0988. The molecule has 192 valence electrons. The van der Waals surface area contributed by atoms with Crippen LogP contribution in [0, 0.1) is 11.3 Å². The Morgan fingerprint density at radius 3 is 2.41 bits per heavy atom. The number of aryl methyl sites for hydroxylation is 1. The highest BCUT2D eigenvalue weighted by Crippen LogP contribution is 2.27. The third-order valence-electron chi connectivity index (χ3n) is 5.25. The van der Waals surface area contributed by atoms with Crippen molar-refractivity contribution in [3.05, 3.63) is 89.5 Å². The normalized spacial score (nSPS) is 10.8. The van der Waals surface area contributed by atoms with Crippen molar-refractivity contribution in [1.82, 2.24) is 0 Å². The van der Waals surface area contributed by atoms with Crippen molar-refractivity contribution in [3.63, 3.8) is 0 Å². The van der Waals surface area contributed by atoms with Crippen molar-refractivity contribution in [1.29, 1.82) is 5.26 Å². The lowest BCUT2D eigenvalue weighted by Gasteiger charge is -2.13. The van der Waals surface area contributed by atoms with Crippen LogP contribution in [0.15, 0.2) is 78.0 Å². The predicted molar refractivity (Wildman–Crippen MR) is 139 cm³/mol. The summed E-state index contributed by atoms with van der Waals surface area (Å²) in [7, 11) is 1.51. The van der Waals surface area contributed by atoms with E-state index in [4.69, 9.17) is 29.0 Å². The highest BCUT2D eigenvalue weighted by molar-refractivity contribution is 6.01. The Hall–Kier alpha value is -4.51. The molecule has 3 aromatic rings. The molecule has 0 aromatic heterocycles. The van der Waals surface area contributed by atoms with Crippen LogP contribution in [-0.2, 0) is 27.4 Å². The van der Waals surface area contributed by atoms with E-state index >= 15 is 0 Å². The Kier molecular flexibility index (Phi) is 10.8. The van der Waals surface area contributed by atoms with E-state index in [9.17, 15) is 4.79 Å². The quantitative estimate of drug-likeness (QED) is 0.172. The molecule has 0 saturated heterocycles. The Morgan fingerprint density at radius 2 is 1.70 bits per heavy atom. The maximum Gasteiger partial charge on any atom is 0.306 e. The molecule has 0 N–H and O–H groups in total. The third-order valence-corrected chi connectivity index (χ3v) is 5.25. The molecule has 0 aliphatic heterocycles. The van der Waals surface area contributed by atoms with Crippen LogP contribution in [0.5, 0.6) is 17.2 Å². The van der Waals surface area contributed by atoms with Gasteiger partial charge in [0.15, 0.2) is 6.61 Å². The van der Waals surface area contributed by atoms with Gasteiger partial charge in [0.25, 0.3) is 0 Å². The van der Waals surface area contributed by atoms with Gasteiger partial charge < -0.3 is 23.8 Å². The summed E-state index contributed by atoms with van der Waals surface area (Å²) in [4.78, 5) is 16.7. The summed E-state index contributed by atoms with van der Waals surface area (Å²) < 4.78 is 22.4. The van der Waals surface area contributed by atoms with Gasteiger partial charge >= 0.3 is 5.97 Å². The van der Waals surface area contributed by atoms with Gasteiger partial charge in [0.05, 0.1) is 6.61 Å². The number of nitrogens with zero attached hydrogens (tertiary/aromatic N) is 2. The van der Waals surface area contributed by atoms with Gasteiger partial charge in [-0.15, -0.1) is 0 Å². The van der Waals surface area contributed by atoms with Gasteiger partial charge in [0, 0.05) is 18.1 Å². The number of oxime groups is 1. The molecular weight excluding hydrogens is 472 g/mol. The molecule has 3 aromatic carbocycles. The van der Waals surface area contributed by atoms with Crippen LogP contribution in [0.4, 0.5) is 0 Å². The fourth-order valence-corrected chi connectivity index (χ4v) is 3.45. The first-order chi connectivity index (χ1) is 18.1. The molecule has 0 aliphatic rings. The Labute approximate surface area is 217 Å². The summed E-state index contributed by atoms with van der Waals surface area (Å²) in [6.07, 6.45) is 0.679. The smallest absolute Gasteiger partial charge is 0.306 e. The molecule has 0 spiro atoms. The van der Waals surface area contributed by atoms with Gasteiger partial charge in [-0.25, -0.2) is 0 Å². The maximum atomic E-state index is 11.7. The van der Waals surface area contributed by atoms with Crippen LogP contribution in [-0.4, -0.2) is 38.6 Å². The zero-order valence-corrected chi connectivity index (χ0v) is 21.0. The van der Waals surface area contributed by atoms with E-state index in [-0.39, 0.29) is 25.6 Å². The van der Waals surface area contributed by atoms with Gasteiger partial charge in [-0.2, -0.15) is 5.26 Å². The topological polar surface area (TPSA) is 99.4 Å². The van der Waals surface area contributed by atoms with Crippen molar-refractivity contribution in [2.24, 2.45) is 5.16 Å². The first-order valence-electron chi connectivity index (χ1n) is 11.9. The molecule has 0 saturated carbocycles. The van der Waals surface area contributed by atoms with Crippen LogP contribution in [0.3, 0.4) is 0 Å². The average Bonchev–Trinajstić information content (AvgIpc) is 2.93. The lowest BCUT2D eigenvalue weighted by Crippen LogP contribution is -2.13. The fraction of sp³-hybridized carbons (Fsp3) is 0.276. The van der Waals surface area contributed by atoms with Crippen LogP contribution in [0.25, 0.3) is 0 Å². The van der Waals surface area contributed by atoms with Crippen molar-refractivity contribution in [3.8, 4) is 23.3 Å². The van der Waals surface area contributed by atoms with Gasteiger partial charge in [-0.05, 0) is 42.7 Å². The molecule has 0 bridgehead atoms. The SMILES string of the molecule is CCOC(=O)CCc1ccc(OCc2ccc(OCC(=NOC)c3ccccc3)cc2)cc1OCC#N. The molecule has 37 heavy (non-hydrogen) atoms. The summed E-state index contributed by atoms with van der Waals surface area (Å²) in [5.41, 5.74) is 3.38. The molecule has 0 atom stereocenters. The Balaban J connectivity index is 1.57. The van der Waals surface area contributed by atoms with Crippen molar-refractivity contribution in [2.45, 2.75) is 26.4 Å². The number of benzene rings is 3. The van der Waals surface area contributed by atoms with Crippen LogP contribution < -0.4 is 14.2 Å². The van der Waals surface area contributed by atoms with Gasteiger partial charge in [-0.3, -0.25) is 4.79 Å². The molecule has 3 rings (SSSR count). The number of carbonyl (C=O) groups excluding carboxylic acids is 1. The highest BCUT2D eigenvalue weighted by atomic mass is 16.6. The number of ether oxygens (including phenoxy) is 4. The summed E-state index contributed by atoms with van der Waals surface area (Å²) >= 11 is 0. The van der Waals surface area contributed by atoms with Crippen molar-refractivity contribution in [2.75, 3.05) is 26.9 Å². The lowest BCUT2D eigenvalue weighted by atomic mass is 10.1. The zero-order chi connectivity index (χ0) is 26.3. The molecule has 0 amide bonds. The second kappa shape index (κ2) is 14.8. The maximum absolute atomic E-state index is 11.7. The predicted octanol–water partition coefficient (Wildman–Crippen LogP) is 5.09. The summed E-state index contributed by atoms with van der Waals surface area (Å²) in [6, 6.07) is 24.6. The molecular formula is C29H30N2O6. The lowest BCUT2D eigenvalue weighted by molar-refractivity contribution is -0.143. The van der Waals surface area contributed by atoms with E-state index < -0.39 is 0 Å². The minimum atomic E-state index is -0.274. The Morgan fingerprint density at radius 1 is 0.946 bits per heavy atom. The number of hydrogen-bond donors (Lipinski definition) is 0. The minimum Gasteiger partial charge on any atom is -0.489 e. The van der Waals surface area contributed by atoms with Crippen LogP contribution >= 0.6 is 0 Å². The number of carbonyl (C=O) groups is 1. The standard InChI is InChI=1S/C29H30N2O6/c1-3-34-29(32)16-12-24-11-15-26(19-28(24)35-18-17-30)36-20-22-9-13-25(14-10-22)37-21-27(31-33-2)23-7-5-4-6-8-23/h4-11,13-15,19H,3,12,16,18,20-21H2,1-2H3. The van der Waals surface area contributed by atoms with Crippen molar-refractivity contribution < 1.29 is 28.6 Å². The number of rotatable bonds is 14. The third kappa shape index (κ3) is 8.89. The molecule has 8 heteroatoms. The summed E-state index contributed by atoms with van der Waals surface area (Å²) in [5.74, 6) is 1.53. The molecule has 0 radical (unpaired) electrons. The monoisotopic (exact) mass is 502 g/mol. The average molecular weight is 503 g/mol. The van der Waals surface area contributed by atoms with E-state index in [1.165, 1.54) is 7.11 Å². The van der Waals surface area contributed by atoms with E-state index in [1.807, 2.05) is 72.8 Å². The molecule has 0 aliphatic carbocycles. The molecule has 0 heterocycles. The van der Waals surface area contributed by atoms with Gasteiger partial charge in [0.2, 0.25) is 0 Å². The van der Waals surface area contributed by atoms with E-state index in [2.05, 4.69) is 5.16 Å². The fourth-order valence-electron chi connectivity index (χ4n) is 3.45. The van der Waals surface area contributed by atoms with Gasteiger partial charge in [0.1, 0.15) is 49.4 Å². The molecule has 8 nitrogen and oxygen atoms in total. The first-order valence-corrected chi connectivity index (χ1v) is 11.9. The van der Waals surface area contributed by atoms with Crippen molar-refractivity contribution >= 4 is 11.7 Å². The van der Waals surface area contributed by atoms with E-state index in [1.54, 1.807) is 13.0 Å². The van der Waals surface area contributed by atoms with Crippen LogP contribution in [0.1, 0.15) is 30.0 Å². The van der Waals surface area contributed by atoms with E-state index in [0.717, 1.165) is 16.7 Å². The van der Waals surface area contributed by atoms with E-state index in [0.29, 0.717) is 42.6 Å². The first kappa shape index (κ1) is 27.1. The largest absolute Gasteiger partial charge is 0.489 e. The van der Waals surface area contributed by atoms with Crippen LogP contribution in [0.2, 0.25) is 0 Å². The summed E-state index contributed by atoms with van der Waals surface area (Å²) in [5, 5.41) is 13.0. The zero-order valence-electron chi connectivity index (χ0n) is 21.0. The number of hydrogen-bond acceptors (Lipinski definition) is 8. The second-order valence-corrected chi connectivity index (χ2v) is 7.83. The Bertz CT molecular complexity index is 1200. The number of esters is 1. The summed E-state index contributed by atoms with van der Waals surface area (Å²) in [6.45, 7) is 2.61. The second-order valence-electron chi connectivity index (χ2n) is 7.83. The molecule has 0 fully saturated rings. The highest BCUT2D eigenvalue weighted by Gasteiger charge is 2.11. The number of nitriles is 1. The molecule has 0 unspecified atom stereocenters.